The Bertz CT molecular complexity index is 862. The lowest BCUT2D eigenvalue weighted by Gasteiger charge is -2.25. The predicted octanol–water partition coefficient (Wildman–Crippen LogP) is 2.16. The second-order valence-corrected chi connectivity index (χ2v) is 5.99. The molecule has 27 heavy (non-hydrogen) atoms. The zero-order valence-corrected chi connectivity index (χ0v) is 15.1. The van der Waals surface area contributed by atoms with Crippen LogP contribution in [0.15, 0.2) is 54.4 Å². The van der Waals surface area contributed by atoms with E-state index in [1.54, 1.807) is 43.5 Å². The summed E-state index contributed by atoms with van der Waals surface area (Å²) in [6.07, 6.45) is 3.02. The number of rotatable bonds is 6. The molecule has 2 aromatic rings. The lowest BCUT2D eigenvalue weighted by molar-refractivity contribution is -0.140. The number of ether oxygens (including phenoxy) is 2. The largest absolute Gasteiger partial charge is 0.507 e. The summed E-state index contributed by atoms with van der Waals surface area (Å²) < 4.78 is 10.3. The first-order valence-electron chi connectivity index (χ1n) is 8.40. The molecule has 2 heterocycles. The second-order valence-electron chi connectivity index (χ2n) is 5.99. The van der Waals surface area contributed by atoms with Gasteiger partial charge in [-0.3, -0.25) is 14.6 Å². The third kappa shape index (κ3) is 3.54. The lowest BCUT2D eigenvalue weighted by atomic mass is 9.95. The van der Waals surface area contributed by atoms with E-state index in [-0.39, 0.29) is 24.5 Å². The number of likely N-dealkylation sites (tertiary alicyclic amines) is 1. The molecule has 7 nitrogen and oxygen atoms in total. The summed E-state index contributed by atoms with van der Waals surface area (Å²) in [4.78, 5) is 30.6. The number of ketones is 1. The summed E-state index contributed by atoms with van der Waals surface area (Å²) in [6.45, 7) is 0.500. The van der Waals surface area contributed by atoms with Crippen LogP contribution in [0.2, 0.25) is 0 Å². The second kappa shape index (κ2) is 8.01. The number of aromatic nitrogens is 1. The molecule has 1 fully saturated rings. The van der Waals surface area contributed by atoms with E-state index in [0.717, 1.165) is 0 Å². The van der Waals surface area contributed by atoms with Gasteiger partial charge in [0.15, 0.2) is 0 Å². The molecule has 1 amide bonds. The van der Waals surface area contributed by atoms with Gasteiger partial charge in [0.25, 0.3) is 11.7 Å². The minimum absolute atomic E-state index is 0.0486. The highest BCUT2D eigenvalue weighted by molar-refractivity contribution is 6.46. The molecule has 3 rings (SSSR count). The average molecular weight is 368 g/mol. The summed E-state index contributed by atoms with van der Waals surface area (Å²) in [5.41, 5.74) is 1.17. The van der Waals surface area contributed by atoms with Crippen molar-refractivity contribution in [3.05, 3.63) is 65.5 Å². The van der Waals surface area contributed by atoms with Crippen LogP contribution < -0.4 is 4.74 Å². The van der Waals surface area contributed by atoms with Gasteiger partial charge in [-0.05, 0) is 29.8 Å². The molecule has 140 valence electrons. The van der Waals surface area contributed by atoms with E-state index >= 15 is 0 Å². The Labute approximate surface area is 156 Å². The van der Waals surface area contributed by atoms with Crippen molar-refractivity contribution in [1.29, 1.82) is 0 Å². The number of Topliss-reactive ketones (excluding diaryl/α,β-unsaturated/α-hetero) is 1. The molecule has 1 aliphatic heterocycles. The van der Waals surface area contributed by atoms with Crippen LogP contribution in [0.25, 0.3) is 5.76 Å². The van der Waals surface area contributed by atoms with Crippen molar-refractivity contribution in [1.82, 2.24) is 9.88 Å². The SMILES string of the molecule is COCCN1C(=O)C(=O)C(=C(O)c2ccncc2)C1c1ccc(OC)cc1. The number of aliphatic hydroxyl groups excluding tert-OH is 1. The number of hydrogen-bond donors (Lipinski definition) is 1. The minimum atomic E-state index is -0.721. The third-order valence-corrected chi connectivity index (χ3v) is 4.46. The molecule has 0 aliphatic carbocycles. The van der Waals surface area contributed by atoms with Crippen LogP contribution in [0.5, 0.6) is 5.75 Å². The molecule has 1 saturated heterocycles. The topological polar surface area (TPSA) is 89.0 Å². The van der Waals surface area contributed by atoms with Gasteiger partial charge < -0.3 is 19.5 Å². The van der Waals surface area contributed by atoms with Gasteiger partial charge in [0, 0.05) is 31.6 Å². The van der Waals surface area contributed by atoms with Crippen molar-refractivity contribution in [3.8, 4) is 5.75 Å². The van der Waals surface area contributed by atoms with Gasteiger partial charge in [0.1, 0.15) is 11.5 Å². The van der Waals surface area contributed by atoms with Gasteiger partial charge in [0.2, 0.25) is 0 Å². The van der Waals surface area contributed by atoms with E-state index in [9.17, 15) is 14.7 Å². The first-order chi connectivity index (χ1) is 13.1. The molecule has 1 aliphatic rings. The maximum atomic E-state index is 12.7. The summed E-state index contributed by atoms with van der Waals surface area (Å²) in [5, 5.41) is 10.8. The van der Waals surface area contributed by atoms with Crippen LogP contribution in [-0.4, -0.2) is 54.1 Å². The van der Waals surface area contributed by atoms with E-state index < -0.39 is 17.7 Å². The van der Waals surface area contributed by atoms with Crippen LogP contribution in [0.4, 0.5) is 0 Å². The molecular formula is C20H20N2O5. The van der Waals surface area contributed by atoms with Gasteiger partial charge in [-0.25, -0.2) is 0 Å². The maximum Gasteiger partial charge on any atom is 0.295 e. The number of nitrogens with zero attached hydrogens (tertiary/aromatic N) is 2. The monoisotopic (exact) mass is 368 g/mol. The van der Waals surface area contributed by atoms with Gasteiger partial charge >= 0.3 is 0 Å². The molecule has 7 heteroatoms. The van der Waals surface area contributed by atoms with E-state index in [1.165, 1.54) is 24.4 Å². The Balaban J connectivity index is 2.13. The van der Waals surface area contributed by atoms with Crippen LogP contribution in [0.3, 0.4) is 0 Å². The number of aliphatic hydroxyl groups is 1. The fourth-order valence-electron chi connectivity index (χ4n) is 3.10. The van der Waals surface area contributed by atoms with E-state index in [0.29, 0.717) is 16.9 Å². The minimum Gasteiger partial charge on any atom is -0.507 e. The molecule has 0 spiro atoms. The number of carbonyl (C=O) groups excluding carboxylic acids is 2. The molecule has 0 bridgehead atoms. The molecular weight excluding hydrogens is 348 g/mol. The quantitative estimate of drug-likeness (QED) is 0.477. The molecule has 1 aromatic heterocycles. The molecule has 1 N–H and O–H groups in total. The van der Waals surface area contributed by atoms with E-state index in [4.69, 9.17) is 9.47 Å². The smallest absolute Gasteiger partial charge is 0.295 e. The van der Waals surface area contributed by atoms with Crippen molar-refractivity contribution >= 4 is 17.4 Å². The standard InChI is InChI=1S/C20H20N2O5/c1-26-12-11-22-17(13-3-5-15(27-2)6-4-13)16(19(24)20(22)25)18(23)14-7-9-21-10-8-14/h3-10,17,23H,11-12H2,1-2H3. The van der Waals surface area contributed by atoms with Crippen molar-refractivity contribution < 1.29 is 24.2 Å². The number of hydrogen-bond acceptors (Lipinski definition) is 6. The molecule has 1 aromatic carbocycles. The Hall–Kier alpha value is -3.19. The summed E-state index contributed by atoms with van der Waals surface area (Å²) in [6, 6.07) is 9.51. The van der Waals surface area contributed by atoms with Gasteiger partial charge in [0.05, 0.1) is 25.3 Å². The molecule has 1 atom stereocenters. The van der Waals surface area contributed by atoms with Gasteiger partial charge in [-0.2, -0.15) is 0 Å². The maximum absolute atomic E-state index is 12.7. The molecule has 0 saturated carbocycles. The number of amides is 1. The Morgan fingerprint density at radius 1 is 1.11 bits per heavy atom. The van der Waals surface area contributed by atoms with Crippen LogP contribution >= 0.6 is 0 Å². The van der Waals surface area contributed by atoms with Crippen molar-refractivity contribution in [2.75, 3.05) is 27.4 Å². The zero-order chi connectivity index (χ0) is 19.4. The number of carbonyl (C=O) groups is 2. The summed E-state index contributed by atoms with van der Waals surface area (Å²) >= 11 is 0. The zero-order valence-electron chi connectivity index (χ0n) is 15.1. The number of benzene rings is 1. The summed E-state index contributed by atoms with van der Waals surface area (Å²) in [5.74, 6) is -0.956. The van der Waals surface area contributed by atoms with Crippen molar-refractivity contribution in [2.24, 2.45) is 0 Å². The first kappa shape index (κ1) is 18.6. The van der Waals surface area contributed by atoms with Gasteiger partial charge in [-0.15, -0.1) is 0 Å². The van der Waals surface area contributed by atoms with Crippen molar-refractivity contribution in [2.45, 2.75) is 6.04 Å². The Morgan fingerprint density at radius 2 is 1.78 bits per heavy atom. The highest BCUT2D eigenvalue weighted by Crippen LogP contribution is 2.39. The predicted molar refractivity (Wildman–Crippen MR) is 98.1 cm³/mol. The van der Waals surface area contributed by atoms with Crippen LogP contribution in [0, 0.1) is 0 Å². The fraction of sp³-hybridized carbons (Fsp3) is 0.250. The fourth-order valence-corrected chi connectivity index (χ4v) is 3.10. The average Bonchev–Trinajstić information content (AvgIpc) is 2.97. The van der Waals surface area contributed by atoms with Crippen molar-refractivity contribution in [3.63, 3.8) is 0 Å². The van der Waals surface area contributed by atoms with E-state index in [2.05, 4.69) is 4.98 Å². The van der Waals surface area contributed by atoms with Crippen LogP contribution in [0.1, 0.15) is 17.2 Å². The highest BCUT2D eigenvalue weighted by Gasteiger charge is 2.45. The number of methoxy groups -OCH3 is 2. The molecule has 1 unspecified atom stereocenters. The normalized spacial score (nSPS) is 18.7. The number of pyridine rings is 1. The highest BCUT2D eigenvalue weighted by atomic mass is 16.5. The summed E-state index contributed by atoms with van der Waals surface area (Å²) in [7, 11) is 3.08. The first-order valence-corrected chi connectivity index (χ1v) is 8.40. The van der Waals surface area contributed by atoms with E-state index in [1.807, 2.05) is 0 Å². The Morgan fingerprint density at radius 3 is 2.37 bits per heavy atom. The lowest BCUT2D eigenvalue weighted by Crippen LogP contribution is -2.32. The van der Waals surface area contributed by atoms with Gasteiger partial charge in [-0.1, -0.05) is 12.1 Å². The third-order valence-electron chi connectivity index (χ3n) is 4.46. The van der Waals surface area contributed by atoms with Crippen LogP contribution in [-0.2, 0) is 14.3 Å². The molecule has 0 radical (unpaired) electrons. The Kier molecular flexibility index (Phi) is 5.52.